The van der Waals surface area contributed by atoms with Crippen LogP contribution in [0.15, 0.2) is 18.2 Å². The number of nitrogens with one attached hydrogen (secondary N) is 1. The molecule has 3 rings (SSSR count). The summed E-state index contributed by atoms with van der Waals surface area (Å²) in [6.45, 7) is 7.90. The number of rotatable bonds is 4. The Kier molecular flexibility index (Phi) is 5.71. The molecule has 1 N–H and O–H groups in total. The topological polar surface area (TPSA) is 61.9 Å². The number of ether oxygens (including phenoxy) is 1. The van der Waals surface area contributed by atoms with Crippen LogP contribution in [0.1, 0.15) is 24.0 Å². The second-order valence-corrected chi connectivity index (χ2v) is 6.95. The van der Waals surface area contributed by atoms with Crippen molar-refractivity contribution in [3.8, 4) is 0 Å². The van der Waals surface area contributed by atoms with Gasteiger partial charge in [-0.15, -0.1) is 0 Å². The average molecular weight is 345 g/mol. The van der Waals surface area contributed by atoms with Gasteiger partial charge in [-0.25, -0.2) is 0 Å². The van der Waals surface area contributed by atoms with Crippen LogP contribution in [-0.2, 0) is 14.3 Å². The highest BCUT2D eigenvalue weighted by molar-refractivity contribution is 5.92. The standard InChI is InChI=1S/C19H27N3O3/c1-14-5-6-16(12-15(14)2)20-18(23)13-21-7-9-22(10-8-21)19(24)17-4-3-11-25-17/h5-6,12,17H,3-4,7-11,13H2,1-2H3,(H,20,23). The maximum absolute atomic E-state index is 12.3. The van der Waals surface area contributed by atoms with E-state index in [1.54, 1.807) is 0 Å². The minimum atomic E-state index is -0.250. The molecule has 0 spiro atoms. The molecule has 0 aromatic heterocycles. The minimum Gasteiger partial charge on any atom is -0.368 e. The van der Waals surface area contributed by atoms with Crippen molar-refractivity contribution >= 4 is 17.5 Å². The Bertz CT molecular complexity index is 633. The summed E-state index contributed by atoms with van der Waals surface area (Å²) < 4.78 is 5.47. The molecule has 0 saturated carbocycles. The van der Waals surface area contributed by atoms with E-state index in [4.69, 9.17) is 4.74 Å². The van der Waals surface area contributed by atoms with Crippen molar-refractivity contribution in [3.05, 3.63) is 29.3 Å². The molecule has 6 heteroatoms. The smallest absolute Gasteiger partial charge is 0.251 e. The van der Waals surface area contributed by atoms with Crippen molar-refractivity contribution in [2.24, 2.45) is 0 Å². The second-order valence-electron chi connectivity index (χ2n) is 6.95. The van der Waals surface area contributed by atoms with Crippen LogP contribution in [0.4, 0.5) is 5.69 Å². The van der Waals surface area contributed by atoms with Gasteiger partial charge in [-0.05, 0) is 49.9 Å². The van der Waals surface area contributed by atoms with Gasteiger partial charge in [0.1, 0.15) is 6.10 Å². The van der Waals surface area contributed by atoms with Crippen LogP contribution in [-0.4, -0.2) is 67.0 Å². The molecule has 6 nitrogen and oxygen atoms in total. The van der Waals surface area contributed by atoms with Crippen molar-refractivity contribution in [1.29, 1.82) is 0 Å². The highest BCUT2D eigenvalue weighted by atomic mass is 16.5. The predicted octanol–water partition coefficient (Wildman–Crippen LogP) is 1.57. The quantitative estimate of drug-likeness (QED) is 0.900. The van der Waals surface area contributed by atoms with Crippen molar-refractivity contribution in [2.45, 2.75) is 32.8 Å². The van der Waals surface area contributed by atoms with E-state index in [1.807, 2.05) is 30.0 Å². The minimum absolute atomic E-state index is 0.0119. The summed E-state index contributed by atoms with van der Waals surface area (Å²) in [5.74, 6) is 0.0962. The number of hydrogen-bond donors (Lipinski definition) is 1. The zero-order valence-corrected chi connectivity index (χ0v) is 15.1. The number of anilines is 1. The molecule has 2 saturated heterocycles. The van der Waals surface area contributed by atoms with E-state index in [2.05, 4.69) is 17.1 Å². The summed E-state index contributed by atoms with van der Waals surface area (Å²) in [6.07, 6.45) is 1.55. The summed E-state index contributed by atoms with van der Waals surface area (Å²) in [5.41, 5.74) is 3.21. The third-order valence-electron chi connectivity index (χ3n) is 5.05. The normalized spacial score (nSPS) is 21.4. The highest BCUT2D eigenvalue weighted by Crippen LogP contribution is 2.16. The molecule has 1 aromatic rings. The SMILES string of the molecule is Cc1ccc(NC(=O)CN2CCN(C(=O)C3CCCO3)CC2)cc1C. The maximum atomic E-state index is 12.3. The Labute approximate surface area is 149 Å². The Morgan fingerprint density at radius 1 is 1.16 bits per heavy atom. The van der Waals surface area contributed by atoms with E-state index in [0.717, 1.165) is 31.6 Å². The fourth-order valence-corrected chi connectivity index (χ4v) is 3.33. The number of carbonyl (C=O) groups is 2. The van der Waals surface area contributed by atoms with Crippen LogP contribution in [0.3, 0.4) is 0 Å². The number of nitrogens with zero attached hydrogens (tertiary/aromatic N) is 2. The lowest BCUT2D eigenvalue weighted by Gasteiger charge is -2.35. The molecule has 2 fully saturated rings. The van der Waals surface area contributed by atoms with Gasteiger partial charge in [0, 0.05) is 38.5 Å². The van der Waals surface area contributed by atoms with E-state index >= 15 is 0 Å². The van der Waals surface area contributed by atoms with E-state index in [9.17, 15) is 9.59 Å². The molecule has 2 aliphatic rings. The zero-order valence-electron chi connectivity index (χ0n) is 15.1. The fourth-order valence-electron chi connectivity index (χ4n) is 3.33. The Balaban J connectivity index is 1.44. The molecular weight excluding hydrogens is 318 g/mol. The van der Waals surface area contributed by atoms with Crippen molar-refractivity contribution < 1.29 is 14.3 Å². The molecule has 0 aliphatic carbocycles. The van der Waals surface area contributed by atoms with Crippen LogP contribution >= 0.6 is 0 Å². The predicted molar refractivity (Wildman–Crippen MR) is 96.5 cm³/mol. The van der Waals surface area contributed by atoms with Gasteiger partial charge in [0.25, 0.3) is 5.91 Å². The van der Waals surface area contributed by atoms with Gasteiger partial charge in [0.05, 0.1) is 6.54 Å². The number of benzene rings is 1. The number of piperazine rings is 1. The molecule has 2 amide bonds. The Morgan fingerprint density at radius 3 is 2.56 bits per heavy atom. The van der Waals surface area contributed by atoms with Crippen LogP contribution < -0.4 is 5.32 Å². The summed E-state index contributed by atoms with van der Waals surface area (Å²) in [4.78, 5) is 28.5. The molecule has 25 heavy (non-hydrogen) atoms. The molecule has 1 atom stereocenters. The maximum Gasteiger partial charge on any atom is 0.251 e. The van der Waals surface area contributed by atoms with E-state index in [0.29, 0.717) is 26.2 Å². The van der Waals surface area contributed by atoms with Crippen LogP contribution in [0.2, 0.25) is 0 Å². The van der Waals surface area contributed by atoms with Gasteiger partial charge >= 0.3 is 0 Å². The summed E-state index contributed by atoms with van der Waals surface area (Å²) in [6, 6.07) is 5.93. The third kappa shape index (κ3) is 4.58. The second kappa shape index (κ2) is 7.97. The molecule has 2 aliphatic heterocycles. The summed E-state index contributed by atoms with van der Waals surface area (Å²) >= 11 is 0. The van der Waals surface area contributed by atoms with Crippen molar-refractivity contribution in [3.63, 3.8) is 0 Å². The van der Waals surface area contributed by atoms with E-state index in [1.165, 1.54) is 11.1 Å². The first kappa shape index (κ1) is 17.9. The van der Waals surface area contributed by atoms with Crippen LogP contribution in [0.5, 0.6) is 0 Å². The summed E-state index contributed by atoms with van der Waals surface area (Å²) in [5, 5.41) is 2.95. The Morgan fingerprint density at radius 2 is 1.92 bits per heavy atom. The zero-order chi connectivity index (χ0) is 17.8. The van der Waals surface area contributed by atoms with E-state index in [-0.39, 0.29) is 17.9 Å². The largest absolute Gasteiger partial charge is 0.368 e. The van der Waals surface area contributed by atoms with Gasteiger partial charge in [0.15, 0.2) is 0 Å². The van der Waals surface area contributed by atoms with E-state index < -0.39 is 0 Å². The first-order valence-electron chi connectivity index (χ1n) is 9.03. The number of amides is 2. The molecular formula is C19H27N3O3. The molecule has 0 radical (unpaired) electrons. The first-order valence-corrected chi connectivity index (χ1v) is 9.03. The van der Waals surface area contributed by atoms with Gasteiger partial charge in [-0.3, -0.25) is 14.5 Å². The molecule has 136 valence electrons. The van der Waals surface area contributed by atoms with Gasteiger partial charge in [0.2, 0.25) is 5.91 Å². The molecule has 1 unspecified atom stereocenters. The van der Waals surface area contributed by atoms with Crippen molar-refractivity contribution in [2.75, 3.05) is 44.6 Å². The number of carbonyl (C=O) groups excluding carboxylic acids is 2. The molecule has 0 bridgehead atoms. The highest BCUT2D eigenvalue weighted by Gasteiger charge is 2.30. The molecule has 1 aromatic carbocycles. The lowest BCUT2D eigenvalue weighted by Crippen LogP contribution is -2.52. The number of aryl methyl sites for hydroxylation is 2. The fraction of sp³-hybridized carbons (Fsp3) is 0.579. The van der Waals surface area contributed by atoms with Gasteiger partial charge in [-0.1, -0.05) is 6.07 Å². The Hall–Kier alpha value is -1.92. The third-order valence-corrected chi connectivity index (χ3v) is 5.05. The summed E-state index contributed by atoms with van der Waals surface area (Å²) in [7, 11) is 0. The van der Waals surface area contributed by atoms with Crippen LogP contribution in [0, 0.1) is 13.8 Å². The number of hydrogen-bond acceptors (Lipinski definition) is 4. The average Bonchev–Trinajstić information content (AvgIpc) is 3.13. The lowest BCUT2D eigenvalue weighted by molar-refractivity contribution is -0.142. The van der Waals surface area contributed by atoms with Gasteiger partial charge < -0.3 is 15.0 Å². The van der Waals surface area contributed by atoms with Crippen LogP contribution in [0.25, 0.3) is 0 Å². The van der Waals surface area contributed by atoms with Crippen molar-refractivity contribution in [1.82, 2.24) is 9.80 Å². The lowest BCUT2D eigenvalue weighted by atomic mass is 10.1. The molecule has 2 heterocycles. The van der Waals surface area contributed by atoms with Gasteiger partial charge in [-0.2, -0.15) is 0 Å². The monoisotopic (exact) mass is 345 g/mol. The first-order chi connectivity index (χ1) is 12.0.